The van der Waals surface area contributed by atoms with E-state index in [0.29, 0.717) is 0 Å². The van der Waals surface area contributed by atoms with Crippen molar-refractivity contribution in [3.05, 3.63) is 28.8 Å². The van der Waals surface area contributed by atoms with Gasteiger partial charge < -0.3 is 15.1 Å². The van der Waals surface area contributed by atoms with Crippen LogP contribution in [-0.4, -0.2) is 43.7 Å². The Morgan fingerprint density at radius 3 is 2.62 bits per heavy atom. The molecule has 116 valence electrons. The zero-order valence-corrected chi connectivity index (χ0v) is 13.6. The van der Waals surface area contributed by atoms with E-state index >= 15 is 0 Å². The summed E-state index contributed by atoms with van der Waals surface area (Å²) in [5, 5.41) is 3.77. The molecule has 0 atom stereocenters. The summed E-state index contributed by atoms with van der Waals surface area (Å²) in [6.07, 6.45) is 2.13. The predicted octanol–water partition coefficient (Wildman–Crippen LogP) is 3.28. The fourth-order valence-corrected chi connectivity index (χ4v) is 2.60. The predicted molar refractivity (Wildman–Crippen MR) is 88.3 cm³/mol. The van der Waals surface area contributed by atoms with Crippen molar-refractivity contribution in [3.8, 4) is 0 Å². The van der Waals surface area contributed by atoms with Gasteiger partial charge in [-0.3, -0.25) is 0 Å². The molecule has 1 aromatic carbocycles. The SMILES string of the molecule is CCCCNC(=O)N1CCN(c2ccc(C)c(Cl)c2)CC1. The minimum Gasteiger partial charge on any atom is -0.368 e. The lowest BCUT2D eigenvalue weighted by Gasteiger charge is -2.36. The molecule has 4 nitrogen and oxygen atoms in total. The van der Waals surface area contributed by atoms with E-state index in [-0.39, 0.29) is 6.03 Å². The number of halogens is 1. The molecule has 1 aromatic rings. The van der Waals surface area contributed by atoms with E-state index in [1.54, 1.807) is 0 Å². The summed E-state index contributed by atoms with van der Waals surface area (Å²) in [5.74, 6) is 0. The molecule has 0 aliphatic carbocycles. The van der Waals surface area contributed by atoms with Gasteiger partial charge in [-0.2, -0.15) is 0 Å². The third-order valence-corrected chi connectivity index (χ3v) is 4.30. The molecule has 1 N–H and O–H groups in total. The number of anilines is 1. The van der Waals surface area contributed by atoms with Crippen molar-refractivity contribution in [2.75, 3.05) is 37.6 Å². The van der Waals surface area contributed by atoms with Crippen molar-refractivity contribution in [1.29, 1.82) is 0 Å². The lowest BCUT2D eigenvalue weighted by atomic mass is 10.2. The van der Waals surface area contributed by atoms with E-state index in [1.165, 1.54) is 0 Å². The number of urea groups is 1. The summed E-state index contributed by atoms with van der Waals surface area (Å²) in [4.78, 5) is 16.2. The second-order valence-corrected chi connectivity index (χ2v) is 5.90. The number of amides is 2. The molecular formula is C16H24ClN3O. The van der Waals surface area contributed by atoms with Crippen molar-refractivity contribution in [3.63, 3.8) is 0 Å². The summed E-state index contributed by atoms with van der Waals surface area (Å²) >= 11 is 6.18. The average Bonchev–Trinajstić information content (AvgIpc) is 2.50. The number of nitrogens with one attached hydrogen (secondary N) is 1. The molecule has 1 aliphatic heterocycles. The highest BCUT2D eigenvalue weighted by atomic mass is 35.5. The topological polar surface area (TPSA) is 35.6 Å². The van der Waals surface area contributed by atoms with Crippen LogP contribution in [0.1, 0.15) is 25.3 Å². The van der Waals surface area contributed by atoms with E-state index in [0.717, 1.165) is 61.8 Å². The Bertz CT molecular complexity index is 484. The molecule has 0 radical (unpaired) electrons. The van der Waals surface area contributed by atoms with Crippen LogP contribution in [0.3, 0.4) is 0 Å². The highest BCUT2D eigenvalue weighted by Gasteiger charge is 2.21. The quantitative estimate of drug-likeness (QED) is 0.866. The fraction of sp³-hybridized carbons (Fsp3) is 0.562. The summed E-state index contributed by atoms with van der Waals surface area (Å²) in [6, 6.07) is 6.21. The van der Waals surface area contributed by atoms with Crippen molar-refractivity contribution in [2.45, 2.75) is 26.7 Å². The van der Waals surface area contributed by atoms with E-state index in [2.05, 4.69) is 23.2 Å². The first-order valence-corrected chi connectivity index (χ1v) is 8.03. The Hall–Kier alpha value is -1.42. The molecular weight excluding hydrogens is 286 g/mol. The number of nitrogens with zero attached hydrogens (tertiary/aromatic N) is 2. The van der Waals surface area contributed by atoms with E-state index in [4.69, 9.17) is 11.6 Å². The van der Waals surface area contributed by atoms with Gasteiger partial charge in [-0.25, -0.2) is 4.79 Å². The van der Waals surface area contributed by atoms with E-state index in [9.17, 15) is 4.79 Å². The summed E-state index contributed by atoms with van der Waals surface area (Å²) < 4.78 is 0. The summed E-state index contributed by atoms with van der Waals surface area (Å²) in [7, 11) is 0. The molecule has 0 saturated carbocycles. The lowest BCUT2D eigenvalue weighted by Crippen LogP contribution is -2.52. The number of aryl methyl sites for hydroxylation is 1. The van der Waals surface area contributed by atoms with Gasteiger partial charge in [0.15, 0.2) is 0 Å². The highest BCUT2D eigenvalue weighted by molar-refractivity contribution is 6.31. The van der Waals surface area contributed by atoms with Crippen LogP contribution in [0, 0.1) is 6.92 Å². The Balaban J connectivity index is 1.85. The molecule has 0 bridgehead atoms. The number of hydrogen-bond donors (Lipinski definition) is 1. The van der Waals surface area contributed by atoms with Gasteiger partial charge in [-0.15, -0.1) is 0 Å². The highest BCUT2D eigenvalue weighted by Crippen LogP contribution is 2.24. The first-order chi connectivity index (χ1) is 10.1. The number of carbonyl (C=O) groups excluding carboxylic acids is 1. The number of benzene rings is 1. The number of hydrogen-bond acceptors (Lipinski definition) is 2. The van der Waals surface area contributed by atoms with Gasteiger partial charge in [0, 0.05) is 43.4 Å². The third kappa shape index (κ3) is 4.27. The zero-order chi connectivity index (χ0) is 15.2. The van der Waals surface area contributed by atoms with Gasteiger partial charge in [0.2, 0.25) is 0 Å². The smallest absolute Gasteiger partial charge is 0.317 e. The van der Waals surface area contributed by atoms with Gasteiger partial charge in [0.1, 0.15) is 0 Å². The Kier molecular flexibility index (Phi) is 5.74. The monoisotopic (exact) mass is 309 g/mol. The Morgan fingerprint density at radius 2 is 2.00 bits per heavy atom. The molecule has 0 spiro atoms. The molecule has 1 aliphatic rings. The maximum atomic E-state index is 12.0. The van der Waals surface area contributed by atoms with Crippen LogP contribution >= 0.6 is 11.6 Å². The lowest BCUT2D eigenvalue weighted by molar-refractivity contribution is 0.194. The number of rotatable bonds is 4. The van der Waals surface area contributed by atoms with Gasteiger partial charge in [-0.1, -0.05) is 31.0 Å². The maximum Gasteiger partial charge on any atom is 0.317 e. The standard InChI is InChI=1S/C16H24ClN3O/c1-3-4-7-18-16(21)20-10-8-19(9-11-20)14-6-5-13(2)15(17)12-14/h5-6,12H,3-4,7-11H2,1-2H3,(H,18,21). The van der Waals surface area contributed by atoms with Gasteiger partial charge in [0.25, 0.3) is 0 Å². The van der Waals surface area contributed by atoms with Crippen LogP contribution in [0.5, 0.6) is 0 Å². The molecule has 0 aromatic heterocycles. The number of carbonyl (C=O) groups is 1. The van der Waals surface area contributed by atoms with Gasteiger partial charge in [-0.05, 0) is 31.0 Å². The second kappa shape index (κ2) is 7.55. The van der Waals surface area contributed by atoms with Crippen LogP contribution in [0.15, 0.2) is 18.2 Å². The van der Waals surface area contributed by atoms with Crippen LogP contribution in [0.4, 0.5) is 10.5 Å². The number of piperazine rings is 1. The fourth-order valence-electron chi connectivity index (χ4n) is 2.43. The van der Waals surface area contributed by atoms with Gasteiger partial charge in [0.05, 0.1) is 0 Å². The number of unbranched alkanes of at least 4 members (excludes halogenated alkanes) is 1. The molecule has 2 rings (SSSR count). The van der Waals surface area contributed by atoms with Crippen molar-refractivity contribution in [1.82, 2.24) is 10.2 Å². The first-order valence-electron chi connectivity index (χ1n) is 7.65. The minimum atomic E-state index is 0.0602. The van der Waals surface area contributed by atoms with E-state index < -0.39 is 0 Å². The zero-order valence-electron chi connectivity index (χ0n) is 12.9. The Labute approximate surface area is 132 Å². The third-order valence-electron chi connectivity index (χ3n) is 3.89. The summed E-state index contributed by atoms with van der Waals surface area (Å²) in [5.41, 5.74) is 2.23. The van der Waals surface area contributed by atoms with Crippen LogP contribution < -0.4 is 10.2 Å². The maximum absolute atomic E-state index is 12.0. The Morgan fingerprint density at radius 1 is 1.29 bits per heavy atom. The average molecular weight is 310 g/mol. The second-order valence-electron chi connectivity index (χ2n) is 5.49. The van der Waals surface area contributed by atoms with Gasteiger partial charge >= 0.3 is 6.03 Å². The molecule has 1 saturated heterocycles. The molecule has 0 unspecified atom stereocenters. The van der Waals surface area contributed by atoms with Crippen molar-refractivity contribution in [2.24, 2.45) is 0 Å². The minimum absolute atomic E-state index is 0.0602. The molecule has 5 heteroatoms. The van der Waals surface area contributed by atoms with E-state index in [1.807, 2.05) is 24.0 Å². The molecule has 1 fully saturated rings. The molecule has 2 amide bonds. The molecule has 21 heavy (non-hydrogen) atoms. The largest absolute Gasteiger partial charge is 0.368 e. The first kappa shape index (κ1) is 16.0. The van der Waals surface area contributed by atoms with Crippen molar-refractivity contribution < 1.29 is 4.79 Å². The van der Waals surface area contributed by atoms with Crippen LogP contribution in [0.25, 0.3) is 0 Å². The van der Waals surface area contributed by atoms with Crippen molar-refractivity contribution >= 4 is 23.3 Å². The van der Waals surface area contributed by atoms with Crippen LogP contribution in [-0.2, 0) is 0 Å². The summed E-state index contributed by atoms with van der Waals surface area (Å²) in [6.45, 7) is 8.10. The normalized spacial score (nSPS) is 15.2. The molecule has 1 heterocycles. The van der Waals surface area contributed by atoms with Crippen LogP contribution in [0.2, 0.25) is 5.02 Å².